The van der Waals surface area contributed by atoms with Gasteiger partial charge in [0.2, 0.25) is 5.95 Å². The zero-order valence-electron chi connectivity index (χ0n) is 18.4. The predicted molar refractivity (Wildman–Crippen MR) is 115 cm³/mol. The van der Waals surface area contributed by atoms with Gasteiger partial charge in [0.05, 0.1) is 30.8 Å². The summed E-state index contributed by atoms with van der Waals surface area (Å²) in [5.74, 6) is -0.204. The van der Waals surface area contributed by atoms with Crippen molar-refractivity contribution in [3.8, 4) is 11.5 Å². The van der Waals surface area contributed by atoms with Crippen LogP contribution in [0, 0.1) is 18.6 Å². The minimum atomic E-state index is -0.783. The van der Waals surface area contributed by atoms with E-state index in [4.69, 9.17) is 9.47 Å². The van der Waals surface area contributed by atoms with Crippen LogP contribution in [0.2, 0.25) is 0 Å². The maximum atomic E-state index is 14.4. The molecule has 3 aromatic rings. The lowest BCUT2D eigenvalue weighted by molar-refractivity contribution is 0.285. The van der Waals surface area contributed by atoms with Crippen molar-refractivity contribution in [3.05, 3.63) is 53.0 Å². The van der Waals surface area contributed by atoms with E-state index in [0.717, 1.165) is 25.3 Å². The Bertz CT molecular complexity index is 1080. The van der Waals surface area contributed by atoms with Gasteiger partial charge in [0.15, 0.2) is 23.1 Å². The van der Waals surface area contributed by atoms with E-state index in [-0.39, 0.29) is 29.2 Å². The molecule has 1 fully saturated rings. The first-order valence-corrected chi connectivity index (χ1v) is 10.4. The first kappa shape index (κ1) is 21.9. The fourth-order valence-corrected chi connectivity index (χ4v) is 3.69. The number of ether oxygens (including phenoxy) is 2. The lowest BCUT2D eigenvalue weighted by Crippen LogP contribution is -2.20. The van der Waals surface area contributed by atoms with E-state index in [1.807, 2.05) is 17.8 Å². The quantitative estimate of drug-likeness (QED) is 0.567. The Morgan fingerprint density at radius 3 is 2.50 bits per heavy atom. The number of nitrogens with one attached hydrogen (secondary N) is 1. The number of aryl methyl sites for hydroxylation is 2. The Morgan fingerprint density at radius 2 is 1.81 bits per heavy atom. The van der Waals surface area contributed by atoms with Crippen molar-refractivity contribution in [2.75, 3.05) is 25.5 Å². The van der Waals surface area contributed by atoms with Crippen molar-refractivity contribution in [1.82, 2.24) is 24.6 Å². The largest absolute Gasteiger partial charge is 0.494 e. The Morgan fingerprint density at radius 1 is 1.09 bits per heavy atom. The highest BCUT2D eigenvalue weighted by atomic mass is 19.1. The molecule has 0 unspecified atom stereocenters. The number of hydrogen-bond acceptors (Lipinski definition) is 7. The summed E-state index contributed by atoms with van der Waals surface area (Å²) in [5, 5.41) is 7.53. The number of rotatable bonds is 8. The molecule has 0 saturated carbocycles. The van der Waals surface area contributed by atoms with Crippen LogP contribution in [0.4, 0.5) is 20.5 Å². The van der Waals surface area contributed by atoms with Gasteiger partial charge < -0.3 is 14.8 Å². The monoisotopic (exact) mass is 444 g/mol. The van der Waals surface area contributed by atoms with E-state index < -0.39 is 11.6 Å². The van der Waals surface area contributed by atoms with Crippen LogP contribution in [0.1, 0.15) is 29.7 Å². The lowest BCUT2D eigenvalue weighted by Gasteiger charge is -2.13. The number of hydrogen-bond donors (Lipinski definition) is 1. The minimum absolute atomic E-state index is 0.0299. The maximum Gasteiger partial charge on any atom is 0.228 e. The van der Waals surface area contributed by atoms with Crippen molar-refractivity contribution in [2.45, 2.75) is 32.9 Å². The van der Waals surface area contributed by atoms with Gasteiger partial charge in [-0.3, -0.25) is 9.58 Å². The average Bonchev–Trinajstić information content (AvgIpc) is 3.41. The Hall–Kier alpha value is -3.27. The Kier molecular flexibility index (Phi) is 6.50. The fraction of sp³-hybridized carbons (Fsp3) is 0.409. The van der Waals surface area contributed by atoms with Gasteiger partial charge in [-0.1, -0.05) is 0 Å². The van der Waals surface area contributed by atoms with E-state index in [9.17, 15) is 8.78 Å². The first-order chi connectivity index (χ1) is 15.4. The van der Waals surface area contributed by atoms with Gasteiger partial charge in [0.25, 0.3) is 0 Å². The van der Waals surface area contributed by atoms with Gasteiger partial charge >= 0.3 is 0 Å². The number of likely N-dealkylation sites (tertiary alicyclic amines) is 1. The zero-order chi connectivity index (χ0) is 22.7. The van der Waals surface area contributed by atoms with E-state index >= 15 is 0 Å². The van der Waals surface area contributed by atoms with Gasteiger partial charge in [0, 0.05) is 19.7 Å². The van der Waals surface area contributed by atoms with Crippen LogP contribution in [-0.4, -0.2) is 44.8 Å². The van der Waals surface area contributed by atoms with Crippen molar-refractivity contribution in [1.29, 1.82) is 0 Å². The average molecular weight is 444 g/mol. The summed E-state index contributed by atoms with van der Waals surface area (Å²) in [6, 6.07) is 3.29. The minimum Gasteiger partial charge on any atom is -0.494 e. The third-order valence-corrected chi connectivity index (χ3v) is 5.47. The molecule has 170 valence electrons. The van der Waals surface area contributed by atoms with Crippen LogP contribution >= 0.6 is 0 Å². The Labute approximate surface area is 185 Å². The molecule has 0 aliphatic carbocycles. The molecule has 1 aromatic carbocycles. The Balaban J connectivity index is 1.38. The zero-order valence-corrected chi connectivity index (χ0v) is 18.4. The highest BCUT2D eigenvalue weighted by Crippen LogP contribution is 2.27. The number of halogens is 2. The van der Waals surface area contributed by atoms with Gasteiger partial charge in [-0.15, -0.1) is 0 Å². The molecule has 3 heterocycles. The highest BCUT2D eigenvalue weighted by molar-refractivity contribution is 5.48. The molecule has 10 heteroatoms. The summed E-state index contributed by atoms with van der Waals surface area (Å²) < 4.78 is 41.0. The molecule has 0 atom stereocenters. The van der Waals surface area contributed by atoms with Crippen LogP contribution in [-0.2, 0) is 20.2 Å². The topological polar surface area (TPSA) is 77.3 Å². The second-order valence-electron chi connectivity index (χ2n) is 7.79. The van der Waals surface area contributed by atoms with Gasteiger partial charge in [-0.2, -0.15) is 5.10 Å². The molecule has 4 rings (SSSR count). The predicted octanol–water partition coefficient (Wildman–Crippen LogP) is 3.72. The molecule has 8 nitrogen and oxygen atoms in total. The molecule has 0 amide bonds. The van der Waals surface area contributed by atoms with Crippen LogP contribution in [0.3, 0.4) is 0 Å². The van der Waals surface area contributed by atoms with Gasteiger partial charge in [0.1, 0.15) is 12.4 Å². The first-order valence-electron chi connectivity index (χ1n) is 10.4. The number of benzene rings is 1. The van der Waals surface area contributed by atoms with E-state index in [0.29, 0.717) is 11.8 Å². The second-order valence-corrected chi connectivity index (χ2v) is 7.79. The summed E-state index contributed by atoms with van der Waals surface area (Å²) in [7, 11) is 3.24. The SMILES string of the molecule is COc1cc(C)c(F)c(COc2cnc(Nc3cc(CN4CCCC4)n(C)n3)nc2)c1F. The normalized spacial score (nSPS) is 14.0. The highest BCUT2D eigenvalue weighted by Gasteiger charge is 2.18. The molecule has 0 bridgehead atoms. The van der Waals surface area contributed by atoms with Crippen molar-refractivity contribution >= 4 is 11.8 Å². The number of aromatic nitrogens is 4. The molecule has 32 heavy (non-hydrogen) atoms. The standard InChI is InChI=1S/C22H26F2N6O2/c1-14-8-18(31-3)21(24)17(20(14)23)13-32-16-10-25-22(26-11-16)27-19-9-15(29(2)28-19)12-30-6-4-5-7-30/h8-11H,4-7,12-13H2,1-3H3,(H,25,26,27,28). The third-order valence-electron chi connectivity index (χ3n) is 5.47. The molecule has 1 aliphatic heterocycles. The molecular formula is C22H26F2N6O2. The van der Waals surface area contributed by atoms with Crippen molar-refractivity contribution in [2.24, 2.45) is 7.05 Å². The lowest BCUT2D eigenvalue weighted by atomic mass is 10.1. The van der Waals surface area contributed by atoms with Crippen molar-refractivity contribution in [3.63, 3.8) is 0 Å². The van der Waals surface area contributed by atoms with Gasteiger partial charge in [-0.05, 0) is 44.5 Å². The fourth-order valence-electron chi connectivity index (χ4n) is 3.69. The van der Waals surface area contributed by atoms with Crippen LogP contribution in [0.25, 0.3) is 0 Å². The summed E-state index contributed by atoms with van der Waals surface area (Å²) in [6.45, 7) is 4.31. The molecule has 0 radical (unpaired) electrons. The van der Waals surface area contributed by atoms with Crippen LogP contribution in [0.5, 0.6) is 11.5 Å². The molecule has 0 spiro atoms. The van der Waals surface area contributed by atoms with Crippen LogP contribution < -0.4 is 14.8 Å². The summed E-state index contributed by atoms with van der Waals surface area (Å²) in [6.07, 6.45) is 5.35. The van der Waals surface area contributed by atoms with E-state index in [1.54, 1.807) is 6.92 Å². The molecular weight excluding hydrogens is 418 g/mol. The number of anilines is 2. The maximum absolute atomic E-state index is 14.4. The number of methoxy groups -OCH3 is 1. The smallest absolute Gasteiger partial charge is 0.228 e. The summed E-state index contributed by atoms with van der Waals surface area (Å²) in [5.41, 5.74) is 1.17. The van der Waals surface area contributed by atoms with Gasteiger partial charge in [-0.25, -0.2) is 18.7 Å². The molecule has 1 aliphatic rings. The van der Waals surface area contributed by atoms with E-state index in [1.165, 1.54) is 38.4 Å². The van der Waals surface area contributed by atoms with Crippen LogP contribution in [0.15, 0.2) is 24.5 Å². The second kappa shape index (κ2) is 9.47. The van der Waals surface area contributed by atoms with Crippen molar-refractivity contribution < 1.29 is 18.3 Å². The number of nitrogens with zero attached hydrogens (tertiary/aromatic N) is 5. The molecule has 1 saturated heterocycles. The summed E-state index contributed by atoms with van der Waals surface area (Å²) in [4.78, 5) is 10.8. The molecule has 2 aromatic heterocycles. The third kappa shape index (κ3) is 4.80. The van der Waals surface area contributed by atoms with E-state index in [2.05, 4.69) is 25.3 Å². The molecule has 1 N–H and O–H groups in total. The summed E-state index contributed by atoms with van der Waals surface area (Å²) >= 11 is 0.